The Labute approximate surface area is 308 Å². The molecular formula is C42H80N4O4. The first-order valence-corrected chi connectivity index (χ1v) is 21.4. The zero-order valence-corrected chi connectivity index (χ0v) is 33.6. The van der Waals surface area contributed by atoms with Crippen molar-refractivity contribution in [2.45, 2.75) is 196 Å². The maximum absolute atomic E-state index is 12.0. The second kappa shape index (κ2) is 29.5. The first kappa shape index (κ1) is 45.9. The molecule has 4 unspecified atom stereocenters. The van der Waals surface area contributed by atoms with E-state index >= 15 is 0 Å². The largest absolute Gasteiger partial charge is 0.338 e. The van der Waals surface area contributed by atoms with Gasteiger partial charge in [0.25, 0.3) is 0 Å². The van der Waals surface area contributed by atoms with Crippen molar-refractivity contribution in [2.24, 2.45) is 23.7 Å². The van der Waals surface area contributed by atoms with Crippen LogP contribution in [0.1, 0.15) is 196 Å². The van der Waals surface area contributed by atoms with Gasteiger partial charge in [-0.15, -0.1) is 0 Å². The van der Waals surface area contributed by atoms with Crippen LogP contribution in [-0.2, 0) is 9.59 Å². The van der Waals surface area contributed by atoms with Crippen molar-refractivity contribution >= 4 is 23.9 Å². The Balaban J connectivity index is 0.000000392. The van der Waals surface area contributed by atoms with Gasteiger partial charge in [0.2, 0.25) is 11.8 Å². The molecule has 292 valence electrons. The van der Waals surface area contributed by atoms with Crippen LogP contribution < -0.4 is 10.6 Å². The normalized spacial score (nSPS) is 19.8. The molecule has 3 saturated carbocycles. The summed E-state index contributed by atoms with van der Waals surface area (Å²) in [6.45, 7) is 14.5. The number of hydrogen-bond acceptors (Lipinski definition) is 4. The van der Waals surface area contributed by atoms with Gasteiger partial charge in [-0.3, -0.25) is 19.4 Å². The van der Waals surface area contributed by atoms with E-state index in [1.807, 2.05) is 13.8 Å². The van der Waals surface area contributed by atoms with Gasteiger partial charge in [0, 0.05) is 39.0 Å². The number of rotatable bonds is 22. The zero-order valence-electron chi connectivity index (χ0n) is 33.6. The van der Waals surface area contributed by atoms with E-state index in [0.29, 0.717) is 39.0 Å². The lowest BCUT2D eigenvalue weighted by molar-refractivity contribution is -0.129. The molecule has 6 amide bonds. The van der Waals surface area contributed by atoms with Crippen molar-refractivity contribution in [1.82, 2.24) is 20.4 Å². The molecule has 3 aliphatic rings. The van der Waals surface area contributed by atoms with Crippen molar-refractivity contribution in [1.29, 1.82) is 0 Å². The summed E-state index contributed by atoms with van der Waals surface area (Å²) in [6, 6.07) is -0.464. The first-order valence-electron chi connectivity index (χ1n) is 21.4. The van der Waals surface area contributed by atoms with Gasteiger partial charge in [0.15, 0.2) is 0 Å². The van der Waals surface area contributed by atoms with Crippen LogP contribution in [0.15, 0.2) is 0 Å². The van der Waals surface area contributed by atoms with Crippen molar-refractivity contribution in [3.63, 3.8) is 0 Å². The van der Waals surface area contributed by atoms with Crippen molar-refractivity contribution < 1.29 is 19.2 Å². The summed E-state index contributed by atoms with van der Waals surface area (Å²) in [7, 11) is 0. The Morgan fingerprint density at radius 1 is 0.480 bits per heavy atom. The van der Waals surface area contributed by atoms with Crippen LogP contribution in [0.2, 0.25) is 0 Å². The minimum Gasteiger partial charge on any atom is -0.338 e. The minimum absolute atomic E-state index is 0.0466. The molecule has 0 radical (unpaired) electrons. The molecule has 2 N–H and O–H groups in total. The summed E-state index contributed by atoms with van der Waals surface area (Å²) in [6.07, 6.45) is 28.0. The fraction of sp³-hybridized carbons (Fsp3) is 0.905. The molecule has 8 nitrogen and oxygen atoms in total. The second-order valence-electron chi connectivity index (χ2n) is 15.1. The number of carbonyl (C=O) groups excluding carboxylic acids is 4. The Kier molecular flexibility index (Phi) is 27.0. The molecule has 0 aliphatic heterocycles. The van der Waals surface area contributed by atoms with Gasteiger partial charge < -0.3 is 10.6 Å². The second-order valence-corrected chi connectivity index (χ2v) is 15.1. The van der Waals surface area contributed by atoms with Gasteiger partial charge in [-0.2, -0.15) is 0 Å². The van der Waals surface area contributed by atoms with E-state index in [-0.39, 0.29) is 23.9 Å². The fourth-order valence-electron chi connectivity index (χ4n) is 8.25. The van der Waals surface area contributed by atoms with Gasteiger partial charge >= 0.3 is 12.1 Å². The molecule has 0 heterocycles. The SMILES string of the molecule is C1CC2C3CCC(C3)C2C1.CCCCCCNC(=O)N(CC)C(=O)CCCCCC.CCCCCCNC(=O)N(CC)C(=O)CCCCCC. The Hall–Kier alpha value is -2.12. The Morgan fingerprint density at radius 2 is 0.840 bits per heavy atom. The number of amides is 6. The maximum Gasteiger partial charge on any atom is 0.324 e. The van der Waals surface area contributed by atoms with E-state index in [4.69, 9.17) is 0 Å². The molecule has 8 heteroatoms. The molecule has 3 aliphatic carbocycles. The first-order chi connectivity index (χ1) is 24.3. The molecule has 2 bridgehead atoms. The van der Waals surface area contributed by atoms with E-state index < -0.39 is 0 Å². The third-order valence-electron chi connectivity index (χ3n) is 11.2. The number of hydrogen-bond donors (Lipinski definition) is 2. The standard InChI is InChI=1S/2C16H32N2O2.C10H16/c2*1-4-7-9-11-13-15(19)18(6-3)16(20)17-14-12-10-8-5-2;1-2-9-7-4-5-8(6-7)10(9)3-1/h2*4-14H2,1-3H3,(H,17,20);7-10H,1-6H2. The van der Waals surface area contributed by atoms with Gasteiger partial charge in [0.1, 0.15) is 0 Å². The lowest BCUT2D eigenvalue weighted by Crippen LogP contribution is -2.43. The number of unbranched alkanes of at least 4 members (excludes halogenated alkanes) is 12. The summed E-state index contributed by atoms with van der Waals surface area (Å²) in [5.41, 5.74) is 0. The number of imide groups is 2. The van der Waals surface area contributed by atoms with E-state index in [2.05, 4.69) is 38.3 Å². The van der Waals surface area contributed by atoms with E-state index in [1.165, 1.54) is 59.2 Å². The fourth-order valence-corrected chi connectivity index (χ4v) is 8.25. The molecule has 0 saturated heterocycles. The minimum atomic E-state index is -0.232. The molecule has 0 aromatic rings. The highest BCUT2D eigenvalue weighted by molar-refractivity contribution is 5.94. The molecule has 0 aromatic heterocycles. The molecule has 50 heavy (non-hydrogen) atoms. The van der Waals surface area contributed by atoms with Crippen LogP contribution >= 0.6 is 0 Å². The topological polar surface area (TPSA) is 98.8 Å². The summed E-state index contributed by atoms with van der Waals surface area (Å²) >= 11 is 0. The van der Waals surface area contributed by atoms with Crippen LogP contribution in [0.4, 0.5) is 9.59 Å². The lowest BCUT2D eigenvalue weighted by Gasteiger charge is -2.23. The average Bonchev–Trinajstić information content (AvgIpc) is 3.87. The molecular weight excluding hydrogens is 624 g/mol. The molecule has 4 atom stereocenters. The number of urea groups is 2. The number of carbonyl (C=O) groups is 4. The lowest BCUT2D eigenvalue weighted by atomic mass is 9.82. The Morgan fingerprint density at radius 3 is 1.18 bits per heavy atom. The number of fused-ring (bicyclic) bond motifs is 5. The van der Waals surface area contributed by atoms with Crippen LogP contribution in [0, 0.1) is 23.7 Å². The van der Waals surface area contributed by atoms with Crippen LogP contribution in [0.25, 0.3) is 0 Å². The van der Waals surface area contributed by atoms with Crippen LogP contribution in [0.5, 0.6) is 0 Å². The van der Waals surface area contributed by atoms with E-state index in [0.717, 1.165) is 77.0 Å². The molecule has 0 aromatic carbocycles. The molecule has 3 rings (SSSR count). The predicted octanol–water partition coefficient (Wildman–Crippen LogP) is 11.0. The summed E-state index contributed by atoms with van der Waals surface area (Å²) in [5, 5.41) is 5.68. The highest BCUT2D eigenvalue weighted by Gasteiger charge is 2.48. The van der Waals surface area contributed by atoms with Crippen LogP contribution in [0.3, 0.4) is 0 Å². The van der Waals surface area contributed by atoms with Gasteiger partial charge in [0.05, 0.1) is 0 Å². The predicted molar refractivity (Wildman–Crippen MR) is 209 cm³/mol. The summed E-state index contributed by atoms with van der Waals surface area (Å²) in [5.74, 6) is 4.71. The number of nitrogens with one attached hydrogen (secondary N) is 2. The molecule has 0 spiro atoms. The number of nitrogens with zero attached hydrogens (tertiary/aromatic N) is 2. The van der Waals surface area contributed by atoms with Crippen LogP contribution in [-0.4, -0.2) is 59.9 Å². The quantitative estimate of drug-likeness (QED) is 0.110. The third-order valence-corrected chi connectivity index (χ3v) is 11.2. The highest BCUT2D eigenvalue weighted by atomic mass is 16.2. The zero-order chi connectivity index (χ0) is 37.0. The highest BCUT2D eigenvalue weighted by Crippen LogP contribution is 2.58. The maximum atomic E-state index is 12.0. The van der Waals surface area contributed by atoms with Crippen molar-refractivity contribution in [3.8, 4) is 0 Å². The van der Waals surface area contributed by atoms with E-state index in [9.17, 15) is 19.2 Å². The third kappa shape index (κ3) is 18.4. The average molecular weight is 705 g/mol. The smallest absolute Gasteiger partial charge is 0.324 e. The summed E-state index contributed by atoms with van der Waals surface area (Å²) < 4.78 is 0. The van der Waals surface area contributed by atoms with Gasteiger partial charge in [-0.25, -0.2) is 9.59 Å². The Bertz CT molecular complexity index is 842. The van der Waals surface area contributed by atoms with E-state index in [1.54, 1.807) is 38.5 Å². The van der Waals surface area contributed by atoms with Gasteiger partial charge in [-0.05, 0) is 95.3 Å². The molecule has 3 fully saturated rings. The van der Waals surface area contributed by atoms with Crippen molar-refractivity contribution in [2.75, 3.05) is 26.2 Å². The van der Waals surface area contributed by atoms with Crippen molar-refractivity contribution in [3.05, 3.63) is 0 Å². The van der Waals surface area contributed by atoms with Gasteiger partial charge in [-0.1, -0.05) is 111 Å². The monoisotopic (exact) mass is 705 g/mol. The summed E-state index contributed by atoms with van der Waals surface area (Å²) in [4.78, 5) is 50.5.